The van der Waals surface area contributed by atoms with E-state index in [2.05, 4.69) is 5.32 Å². The highest BCUT2D eigenvalue weighted by Crippen LogP contribution is 2.33. The second-order valence-electron chi connectivity index (χ2n) is 5.33. The molecule has 2 atom stereocenters. The van der Waals surface area contributed by atoms with Gasteiger partial charge in [0.25, 0.3) is 0 Å². The van der Waals surface area contributed by atoms with Gasteiger partial charge in [-0.2, -0.15) is 0 Å². The number of anilines is 1. The van der Waals surface area contributed by atoms with Gasteiger partial charge < -0.3 is 19.9 Å². The molecule has 0 bridgehead atoms. The fraction of sp³-hybridized carbons (Fsp3) is 0.500. The number of hydrogen-bond donors (Lipinski definition) is 2. The molecule has 2 N–H and O–H groups in total. The first-order chi connectivity index (χ1) is 10.5. The number of amides is 1. The van der Waals surface area contributed by atoms with Crippen molar-refractivity contribution < 1.29 is 24.2 Å². The van der Waals surface area contributed by atoms with E-state index in [1.807, 2.05) is 6.92 Å². The third-order valence-electron chi connectivity index (χ3n) is 3.88. The maximum absolute atomic E-state index is 12.2. The van der Waals surface area contributed by atoms with E-state index >= 15 is 0 Å². The zero-order valence-electron chi connectivity index (χ0n) is 12.8. The molecule has 2 rings (SSSR count). The van der Waals surface area contributed by atoms with Crippen LogP contribution in [0.5, 0.6) is 11.5 Å². The van der Waals surface area contributed by atoms with Crippen LogP contribution in [0.4, 0.5) is 5.69 Å². The summed E-state index contributed by atoms with van der Waals surface area (Å²) in [6.45, 7) is 2.41. The average molecular weight is 307 g/mol. The van der Waals surface area contributed by atoms with Crippen molar-refractivity contribution in [3.63, 3.8) is 0 Å². The Hall–Kier alpha value is -2.24. The smallest absolute Gasteiger partial charge is 0.306 e. The first-order valence-corrected chi connectivity index (χ1v) is 7.39. The van der Waals surface area contributed by atoms with E-state index in [0.717, 1.165) is 0 Å². The number of benzene rings is 1. The lowest BCUT2D eigenvalue weighted by atomic mass is 10.0. The molecule has 1 amide bonds. The van der Waals surface area contributed by atoms with Gasteiger partial charge in [0.2, 0.25) is 5.91 Å². The Kier molecular flexibility index (Phi) is 5.25. The molecule has 0 radical (unpaired) electrons. The maximum Gasteiger partial charge on any atom is 0.306 e. The van der Waals surface area contributed by atoms with Crippen LogP contribution in [0.25, 0.3) is 0 Å². The first-order valence-electron chi connectivity index (χ1n) is 7.39. The number of aliphatic carboxylic acids is 1. The van der Waals surface area contributed by atoms with Gasteiger partial charge in [0.1, 0.15) is 0 Å². The van der Waals surface area contributed by atoms with Gasteiger partial charge in [0, 0.05) is 17.7 Å². The van der Waals surface area contributed by atoms with E-state index in [-0.39, 0.29) is 11.8 Å². The highest BCUT2D eigenvalue weighted by Gasteiger charge is 2.33. The molecule has 0 unspecified atom stereocenters. The summed E-state index contributed by atoms with van der Waals surface area (Å²) in [4.78, 5) is 23.2. The van der Waals surface area contributed by atoms with Crippen LogP contribution in [0.3, 0.4) is 0 Å². The van der Waals surface area contributed by atoms with Crippen molar-refractivity contribution in [3.05, 3.63) is 18.2 Å². The molecule has 0 aromatic heterocycles. The molecule has 6 heteroatoms. The van der Waals surface area contributed by atoms with E-state index in [1.54, 1.807) is 18.2 Å². The molecule has 0 aliphatic heterocycles. The molecule has 1 saturated carbocycles. The molecule has 0 heterocycles. The molecule has 1 aliphatic rings. The highest BCUT2D eigenvalue weighted by molar-refractivity contribution is 5.93. The third-order valence-corrected chi connectivity index (χ3v) is 3.88. The van der Waals surface area contributed by atoms with Crippen molar-refractivity contribution >= 4 is 17.6 Å². The van der Waals surface area contributed by atoms with Crippen LogP contribution in [0, 0.1) is 11.8 Å². The van der Waals surface area contributed by atoms with Crippen LogP contribution < -0.4 is 14.8 Å². The van der Waals surface area contributed by atoms with E-state index in [9.17, 15) is 9.59 Å². The summed E-state index contributed by atoms with van der Waals surface area (Å²) < 4.78 is 10.7. The molecule has 22 heavy (non-hydrogen) atoms. The highest BCUT2D eigenvalue weighted by atomic mass is 16.5. The molecular formula is C16H21NO5. The molecule has 0 spiro atoms. The lowest BCUT2D eigenvalue weighted by molar-refractivity contribution is -0.141. The number of ether oxygens (including phenoxy) is 2. The van der Waals surface area contributed by atoms with Crippen LogP contribution in [0.2, 0.25) is 0 Å². The SMILES string of the molecule is CCOc1ccc(NC(=O)[C@@H]2CC[C@H](C(=O)O)C2)cc1OC. The maximum atomic E-state index is 12.2. The summed E-state index contributed by atoms with van der Waals surface area (Å²) in [5, 5.41) is 11.8. The summed E-state index contributed by atoms with van der Waals surface area (Å²) in [5.74, 6) is -0.457. The van der Waals surface area contributed by atoms with Crippen molar-refractivity contribution in [1.82, 2.24) is 0 Å². The summed E-state index contributed by atoms with van der Waals surface area (Å²) in [6, 6.07) is 5.19. The van der Waals surface area contributed by atoms with E-state index in [1.165, 1.54) is 7.11 Å². The molecule has 0 saturated heterocycles. The van der Waals surface area contributed by atoms with Gasteiger partial charge in [0.15, 0.2) is 11.5 Å². The number of methoxy groups -OCH3 is 1. The second-order valence-corrected chi connectivity index (χ2v) is 5.33. The van der Waals surface area contributed by atoms with Gasteiger partial charge >= 0.3 is 5.97 Å². The predicted octanol–water partition coefficient (Wildman–Crippen LogP) is 2.53. The summed E-state index contributed by atoms with van der Waals surface area (Å²) in [6.07, 6.45) is 1.56. The molecule has 120 valence electrons. The monoisotopic (exact) mass is 307 g/mol. The average Bonchev–Trinajstić information content (AvgIpc) is 2.99. The van der Waals surface area contributed by atoms with Crippen molar-refractivity contribution in [2.75, 3.05) is 19.0 Å². The Morgan fingerprint density at radius 3 is 2.59 bits per heavy atom. The first kappa shape index (κ1) is 16.1. The van der Waals surface area contributed by atoms with Gasteiger partial charge in [-0.25, -0.2) is 0 Å². The number of nitrogens with one attached hydrogen (secondary N) is 1. The number of carboxylic acid groups (broad SMARTS) is 1. The van der Waals surface area contributed by atoms with Crippen LogP contribution in [-0.2, 0) is 9.59 Å². The Balaban J connectivity index is 2.01. The Labute approximate surface area is 129 Å². The molecular weight excluding hydrogens is 286 g/mol. The van der Waals surface area contributed by atoms with Gasteiger partial charge in [-0.3, -0.25) is 9.59 Å². The third kappa shape index (κ3) is 3.69. The zero-order valence-corrected chi connectivity index (χ0v) is 12.8. The zero-order chi connectivity index (χ0) is 16.1. The van der Waals surface area contributed by atoms with Gasteiger partial charge in [0.05, 0.1) is 19.6 Å². The summed E-state index contributed by atoms with van der Waals surface area (Å²) >= 11 is 0. The Bertz CT molecular complexity index is 557. The quantitative estimate of drug-likeness (QED) is 0.843. The lowest BCUT2D eigenvalue weighted by Gasteiger charge is -2.14. The van der Waals surface area contributed by atoms with Crippen molar-refractivity contribution in [2.45, 2.75) is 26.2 Å². The van der Waals surface area contributed by atoms with Crippen molar-refractivity contribution in [2.24, 2.45) is 11.8 Å². The minimum atomic E-state index is -0.821. The van der Waals surface area contributed by atoms with E-state index < -0.39 is 11.9 Å². The van der Waals surface area contributed by atoms with Gasteiger partial charge in [-0.05, 0) is 38.3 Å². The number of hydrogen-bond acceptors (Lipinski definition) is 4. The fourth-order valence-electron chi connectivity index (χ4n) is 2.71. The summed E-state index contributed by atoms with van der Waals surface area (Å²) in [7, 11) is 1.54. The normalized spacial score (nSPS) is 20.5. The standard InChI is InChI=1S/C16H21NO5/c1-3-22-13-7-6-12(9-14(13)21-2)17-15(18)10-4-5-11(8-10)16(19)20/h6-7,9-11H,3-5,8H2,1-2H3,(H,17,18)(H,19,20)/t10-,11+/m1/s1. The van der Waals surface area contributed by atoms with Crippen molar-refractivity contribution in [3.8, 4) is 11.5 Å². The van der Waals surface area contributed by atoms with Gasteiger partial charge in [-0.15, -0.1) is 0 Å². The van der Waals surface area contributed by atoms with E-state index in [0.29, 0.717) is 43.1 Å². The molecule has 1 aromatic rings. The Morgan fingerprint density at radius 1 is 1.27 bits per heavy atom. The van der Waals surface area contributed by atoms with Gasteiger partial charge in [-0.1, -0.05) is 0 Å². The second kappa shape index (κ2) is 7.15. The Morgan fingerprint density at radius 2 is 2.00 bits per heavy atom. The van der Waals surface area contributed by atoms with Crippen LogP contribution in [0.15, 0.2) is 18.2 Å². The van der Waals surface area contributed by atoms with Crippen LogP contribution in [0.1, 0.15) is 26.2 Å². The number of carboxylic acids is 1. The van der Waals surface area contributed by atoms with Crippen LogP contribution >= 0.6 is 0 Å². The molecule has 1 aromatic carbocycles. The molecule has 1 fully saturated rings. The fourth-order valence-corrected chi connectivity index (χ4v) is 2.71. The van der Waals surface area contributed by atoms with Crippen molar-refractivity contribution in [1.29, 1.82) is 0 Å². The minimum Gasteiger partial charge on any atom is -0.493 e. The molecule has 1 aliphatic carbocycles. The number of rotatable bonds is 6. The number of carbonyl (C=O) groups excluding carboxylic acids is 1. The number of carbonyl (C=O) groups is 2. The largest absolute Gasteiger partial charge is 0.493 e. The molecule has 6 nitrogen and oxygen atoms in total. The minimum absolute atomic E-state index is 0.144. The lowest BCUT2D eigenvalue weighted by Crippen LogP contribution is -2.21. The van der Waals surface area contributed by atoms with E-state index in [4.69, 9.17) is 14.6 Å². The predicted molar refractivity (Wildman–Crippen MR) is 81.3 cm³/mol. The summed E-state index contributed by atoms with van der Waals surface area (Å²) in [5.41, 5.74) is 0.615. The van der Waals surface area contributed by atoms with Crippen LogP contribution in [-0.4, -0.2) is 30.7 Å². The topological polar surface area (TPSA) is 84.9 Å².